The van der Waals surface area contributed by atoms with Crippen LogP contribution in [-0.4, -0.2) is 29.7 Å². The van der Waals surface area contributed by atoms with Crippen molar-refractivity contribution in [2.75, 3.05) is 13.6 Å². The van der Waals surface area contributed by atoms with Gasteiger partial charge < -0.3 is 15.2 Å². The number of rotatable bonds is 5. The number of hydrogen-bond donors (Lipinski definition) is 2. The summed E-state index contributed by atoms with van der Waals surface area (Å²) in [5.41, 5.74) is 3.82. The van der Waals surface area contributed by atoms with Crippen LogP contribution in [0.1, 0.15) is 28.4 Å². The maximum absolute atomic E-state index is 5.07. The normalized spacial score (nSPS) is 11.5. The van der Waals surface area contributed by atoms with E-state index in [1.165, 1.54) is 16.7 Å². The molecule has 1 aromatic heterocycles. The van der Waals surface area contributed by atoms with Gasteiger partial charge in [0.1, 0.15) is 0 Å². The second kappa shape index (κ2) is 7.59. The lowest BCUT2D eigenvalue weighted by molar-refractivity contribution is 0.374. The Kier molecular flexibility index (Phi) is 5.52. The molecule has 118 valence electrons. The standard InChI is InChI=1S/C16H23N5O/c1-11-5-6-14(12(2)9-11)10-19-16(17-4)18-8-7-15-20-13(3)21-22-15/h5-6,9H,7-8,10H2,1-4H3,(H2,17,18,19). The Bertz CT molecular complexity index is 648. The van der Waals surface area contributed by atoms with Crippen molar-refractivity contribution in [2.45, 2.75) is 33.7 Å². The van der Waals surface area contributed by atoms with Crippen molar-refractivity contribution in [2.24, 2.45) is 4.99 Å². The van der Waals surface area contributed by atoms with Crippen molar-refractivity contribution in [3.8, 4) is 0 Å². The molecule has 2 aromatic rings. The summed E-state index contributed by atoms with van der Waals surface area (Å²) in [6.45, 7) is 7.46. The minimum Gasteiger partial charge on any atom is -0.356 e. The van der Waals surface area contributed by atoms with E-state index in [1.54, 1.807) is 7.05 Å². The fourth-order valence-electron chi connectivity index (χ4n) is 2.17. The quantitative estimate of drug-likeness (QED) is 0.651. The molecule has 0 unspecified atom stereocenters. The second-order valence-corrected chi connectivity index (χ2v) is 5.27. The average molecular weight is 301 g/mol. The Labute approximate surface area is 131 Å². The smallest absolute Gasteiger partial charge is 0.228 e. The maximum atomic E-state index is 5.07. The Morgan fingerprint density at radius 1 is 1.23 bits per heavy atom. The third kappa shape index (κ3) is 4.58. The number of guanidine groups is 1. The lowest BCUT2D eigenvalue weighted by Crippen LogP contribution is -2.38. The molecule has 0 amide bonds. The summed E-state index contributed by atoms with van der Waals surface area (Å²) in [5.74, 6) is 2.05. The first-order valence-electron chi connectivity index (χ1n) is 7.38. The van der Waals surface area contributed by atoms with Crippen molar-refractivity contribution < 1.29 is 4.52 Å². The number of aromatic nitrogens is 2. The van der Waals surface area contributed by atoms with E-state index in [0.29, 0.717) is 24.7 Å². The van der Waals surface area contributed by atoms with Crippen LogP contribution in [0.5, 0.6) is 0 Å². The van der Waals surface area contributed by atoms with Crippen molar-refractivity contribution in [1.29, 1.82) is 0 Å². The first kappa shape index (κ1) is 16.0. The van der Waals surface area contributed by atoms with Crippen molar-refractivity contribution in [3.63, 3.8) is 0 Å². The number of nitrogens with one attached hydrogen (secondary N) is 2. The second-order valence-electron chi connectivity index (χ2n) is 5.27. The summed E-state index contributed by atoms with van der Waals surface area (Å²) in [4.78, 5) is 8.38. The predicted octanol–water partition coefficient (Wildman–Crippen LogP) is 1.90. The van der Waals surface area contributed by atoms with E-state index >= 15 is 0 Å². The topological polar surface area (TPSA) is 75.3 Å². The number of hydrogen-bond acceptors (Lipinski definition) is 4. The monoisotopic (exact) mass is 301 g/mol. The Morgan fingerprint density at radius 3 is 2.68 bits per heavy atom. The number of aryl methyl sites for hydroxylation is 3. The summed E-state index contributed by atoms with van der Waals surface area (Å²) < 4.78 is 5.07. The molecule has 0 atom stereocenters. The third-order valence-corrected chi connectivity index (χ3v) is 3.37. The fraction of sp³-hybridized carbons (Fsp3) is 0.438. The fourth-order valence-corrected chi connectivity index (χ4v) is 2.17. The molecule has 0 radical (unpaired) electrons. The van der Waals surface area contributed by atoms with E-state index in [-0.39, 0.29) is 0 Å². The first-order valence-corrected chi connectivity index (χ1v) is 7.38. The summed E-state index contributed by atoms with van der Waals surface area (Å²) in [5, 5.41) is 10.3. The molecule has 0 aliphatic rings. The molecule has 2 rings (SSSR count). The molecule has 0 saturated heterocycles. The molecule has 2 N–H and O–H groups in total. The lowest BCUT2D eigenvalue weighted by atomic mass is 10.1. The molecular formula is C16H23N5O. The van der Waals surface area contributed by atoms with E-state index < -0.39 is 0 Å². The molecule has 0 aliphatic carbocycles. The van der Waals surface area contributed by atoms with E-state index in [4.69, 9.17) is 4.52 Å². The first-order chi connectivity index (χ1) is 10.6. The summed E-state index contributed by atoms with van der Waals surface area (Å²) in [6, 6.07) is 6.45. The molecule has 1 heterocycles. The highest BCUT2D eigenvalue weighted by atomic mass is 16.5. The zero-order chi connectivity index (χ0) is 15.9. The van der Waals surface area contributed by atoms with Crippen LogP contribution in [0.25, 0.3) is 0 Å². The third-order valence-electron chi connectivity index (χ3n) is 3.37. The van der Waals surface area contributed by atoms with Gasteiger partial charge in [0.15, 0.2) is 11.8 Å². The van der Waals surface area contributed by atoms with Gasteiger partial charge in [0.25, 0.3) is 0 Å². The van der Waals surface area contributed by atoms with Crippen LogP contribution >= 0.6 is 0 Å². The summed E-state index contributed by atoms with van der Waals surface area (Å²) >= 11 is 0. The molecule has 0 saturated carbocycles. The summed E-state index contributed by atoms with van der Waals surface area (Å²) in [7, 11) is 1.76. The molecular weight excluding hydrogens is 278 g/mol. The van der Waals surface area contributed by atoms with E-state index in [9.17, 15) is 0 Å². The average Bonchev–Trinajstić information content (AvgIpc) is 2.89. The van der Waals surface area contributed by atoms with Crippen molar-refractivity contribution in [1.82, 2.24) is 20.8 Å². The zero-order valence-electron chi connectivity index (χ0n) is 13.6. The van der Waals surface area contributed by atoms with Crippen LogP contribution in [0.15, 0.2) is 27.7 Å². The van der Waals surface area contributed by atoms with Gasteiger partial charge in [-0.25, -0.2) is 0 Å². The lowest BCUT2D eigenvalue weighted by Gasteiger charge is -2.13. The van der Waals surface area contributed by atoms with Crippen molar-refractivity contribution in [3.05, 3.63) is 46.6 Å². The van der Waals surface area contributed by atoms with Gasteiger partial charge in [0.2, 0.25) is 5.89 Å². The van der Waals surface area contributed by atoms with Gasteiger partial charge in [0, 0.05) is 26.6 Å². The molecule has 1 aromatic carbocycles. The predicted molar refractivity (Wildman–Crippen MR) is 86.9 cm³/mol. The highest BCUT2D eigenvalue weighted by Gasteiger charge is 2.04. The molecule has 6 heteroatoms. The van der Waals surface area contributed by atoms with Gasteiger partial charge >= 0.3 is 0 Å². The Balaban J connectivity index is 1.80. The van der Waals surface area contributed by atoms with Crippen LogP contribution < -0.4 is 10.6 Å². The van der Waals surface area contributed by atoms with E-state index in [2.05, 4.69) is 57.8 Å². The van der Waals surface area contributed by atoms with Crippen LogP contribution in [0.4, 0.5) is 0 Å². The van der Waals surface area contributed by atoms with Crippen LogP contribution in [0.3, 0.4) is 0 Å². The van der Waals surface area contributed by atoms with Crippen LogP contribution in [0, 0.1) is 20.8 Å². The molecule has 0 fully saturated rings. The highest BCUT2D eigenvalue weighted by Crippen LogP contribution is 2.09. The molecule has 0 aliphatic heterocycles. The van der Waals surface area contributed by atoms with E-state index in [1.807, 2.05) is 6.92 Å². The van der Waals surface area contributed by atoms with Crippen LogP contribution in [0.2, 0.25) is 0 Å². The molecule has 22 heavy (non-hydrogen) atoms. The van der Waals surface area contributed by atoms with E-state index in [0.717, 1.165) is 12.5 Å². The van der Waals surface area contributed by atoms with Gasteiger partial charge in [0.05, 0.1) is 0 Å². The molecule has 0 bridgehead atoms. The SMILES string of the molecule is CN=C(NCCc1nc(C)no1)NCc1ccc(C)cc1C. The van der Waals surface area contributed by atoms with Gasteiger partial charge in [-0.3, -0.25) is 4.99 Å². The van der Waals surface area contributed by atoms with Gasteiger partial charge in [-0.1, -0.05) is 28.9 Å². The minimum atomic E-state index is 0.634. The number of nitrogens with zero attached hydrogens (tertiary/aromatic N) is 3. The largest absolute Gasteiger partial charge is 0.356 e. The van der Waals surface area contributed by atoms with Gasteiger partial charge in [-0.15, -0.1) is 0 Å². The van der Waals surface area contributed by atoms with Crippen LogP contribution in [-0.2, 0) is 13.0 Å². The van der Waals surface area contributed by atoms with Crippen molar-refractivity contribution >= 4 is 5.96 Å². The summed E-state index contributed by atoms with van der Waals surface area (Å²) in [6.07, 6.45) is 0.672. The highest BCUT2D eigenvalue weighted by molar-refractivity contribution is 5.79. The Hall–Kier alpha value is -2.37. The number of aliphatic imine (C=N–C) groups is 1. The maximum Gasteiger partial charge on any atom is 0.228 e. The molecule has 6 nitrogen and oxygen atoms in total. The Morgan fingerprint density at radius 2 is 2.05 bits per heavy atom. The number of benzene rings is 1. The minimum absolute atomic E-state index is 0.634. The van der Waals surface area contributed by atoms with Gasteiger partial charge in [-0.2, -0.15) is 4.98 Å². The zero-order valence-corrected chi connectivity index (χ0v) is 13.6. The molecule has 0 spiro atoms. The van der Waals surface area contributed by atoms with Gasteiger partial charge in [-0.05, 0) is 31.9 Å².